The highest BCUT2D eigenvalue weighted by atomic mass is 32.1. The molecule has 1 saturated heterocycles. The number of hydrogen-bond donors (Lipinski definition) is 1. The first-order chi connectivity index (χ1) is 13.6. The van der Waals surface area contributed by atoms with Gasteiger partial charge < -0.3 is 10.0 Å². The molecule has 0 spiro atoms. The maximum atomic E-state index is 11.1. The highest BCUT2D eigenvalue weighted by molar-refractivity contribution is 7.21. The summed E-state index contributed by atoms with van der Waals surface area (Å²) in [7, 11) is 0. The van der Waals surface area contributed by atoms with Gasteiger partial charge in [-0.25, -0.2) is 15.0 Å². The van der Waals surface area contributed by atoms with E-state index in [-0.39, 0.29) is 0 Å². The highest BCUT2D eigenvalue weighted by Gasteiger charge is 2.35. The Hall–Kier alpha value is -2.35. The molecule has 0 bridgehead atoms. The fourth-order valence-electron chi connectivity index (χ4n) is 3.77. The Morgan fingerprint density at radius 2 is 1.82 bits per heavy atom. The zero-order chi connectivity index (χ0) is 19.1. The average molecular weight is 409 g/mol. The third-order valence-corrected chi connectivity index (χ3v) is 7.00. The lowest BCUT2D eigenvalue weighted by Crippen LogP contribution is -2.43. The lowest BCUT2D eigenvalue weighted by Gasteiger charge is -2.39. The van der Waals surface area contributed by atoms with Gasteiger partial charge in [0.1, 0.15) is 21.2 Å². The first-order valence-electron chi connectivity index (χ1n) is 9.33. The minimum Gasteiger partial charge on any atom is -0.385 e. The van der Waals surface area contributed by atoms with E-state index in [2.05, 4.69) is 26.7 Å². The van der Waals surface area contributed by atoms with Crippen LogP contribution in [0.1, 0.15) is 24.2 Å². The van der Waals surface area contributed by atoms with Gasteiger partial charge in [-0.05, 0) is 36.8 Å². The summed E-state index contributed by atoms with van der Waals surface area (Å²) in [5.74, 6) is 1.64. The van der Waals surface area contributed by atoms with Crippen molar-refractivity contribution in [2.45, 2.75) is 25.4 Å². The third-order valence-electron chi connectivity index (χ3n) is 5.32. The lowest BCUT2D eigenvalue weighted by atomic mass is 9.84. The fraction of sp³-hybridized carbons (Fsp3) is 0.286. The number of aliphatic hydroxyl groups is 1. The largest absolute Gasteiger partial charge is 0.385 e. The Bertz CT molecular complexity index is 1100. The molecule has 5 rings (SSSR count). The number of rotatable bonds is 3. The Morgan fingerprint density at radius 1 is 1.04 bits per heavy atom. The Kier molecular flexibility index (Phi) is 4.38. The van der Waals surface area contributed by atoms with Gasteiger partial charge in [0.15, 0.2) is 5.82 Å². The summed E-state index contributed by atoms with van der Waals surface area (Å²) >= 11 is 3.28. The van der Waals surface area contributed by atoms with Crippen LogP contribution in [0.4, 0.5) is 5.82 Å². The molecule has 3 aromatic heterocycles. The number of anilines is 1. The molecular weight excluding hydrogens is 388 g/mol. The van der Waals surface area contributed by atoms with Gasteiger partial charge in [0.2, 0.25) is 0 Å². The van der Waals surface area contributed by atoms with E-state index in [1.807, 2.05) is 37.3 Å². The molecule has 4 aromatic rings. The molecule has 1 aromatic carbocycles. The van der Waals surface area contributed by atoms with Gasteiger partial charge in [0, 0.05) is 24.0 Å². The molecule has 1 fully saturated rings. The van der Waals surface area contributed by atoms with Crippen molar-refractivity contribution in [2.75, 3.05) is 18.0 Å². The summed E-state index contributed by atoms with van der Waals surface area (Å²) in [4.78, 5) is 17.4. The van der Waals surface area contributed by atoms with Crippen molar-refractivity contribution in [2.24, 2.45) is 0 Å². The van der Waals surface area contributed by atoms with Crippen LogP contribution >= 0.6 is 22.7 Å². The maximum absolute atomic E-state index is 11.1. The van der Waals surface area contributed by atoms with Crippen LogP contribution in [-0.4, -0.2) is 33.1 Å². The van der Waals surface area contributed by atoms with Crippen LogP contribution in [-0.2, 0) is 5.60 Å². The van der Waals surface area contributed by atoms with Crippen LogP contribution in [0, 0.1) is 6.92 Å². The normalized spacial score (nSPS) is 16.6. The summed E-state index contributed by atoms with van der Waals surface area (Å²) in [5.41, 5.74) is 2.21. The Balaban J connectivity index is 1.47. The van der Waals surface area contributed by atoms with E-state index in [4.69, 9.17) is 9.97 Å². The summed E-state index contributed by atoms with van der Waals surface area (Å²) in [6, 6.07) is 12.1. The molecule has 0 unspecified atom stereocenters. The number of hydrogen-bond acceptors (Lipinski definition) is 7. The van der Waals surface area contributed by atoms with Gasteiger partial charge in [-0.1, -0.05) is 41.7 Å². The molecule has 1 N–H and O–H groups in total. The number of benzene rings is 1. The van der Waals surface area contributed by atoms with E-state index >= 15 is 0 Å². The number of thiazole rings is 1. The maximum Gasteiger partial charge on any atom is 0.159 e. The van der Waals surface area contributed by atoms with E-state index in [1.54, 1.807) is 22.7 Å². The highest BCUT2D eigenvalue weighted by Crippen LogP contribution is 2.38. The van der Waals surface area contributed by atoms with Gasteiger partial charge in [0.05, 0.1) is 5.60 Å². The molecule has 7 heteroatoms. The minimum atomic E-state index is -0.775. The van der Waals surface area contributed by atoms with Crippen LogP contribution in [0.15, 0.2) is 47.2 Å². The number of aryl methyl sites for hydroxylation is 1. The van der Waals surface area contributed by atoms with Crippen LogP contribution in [0.3, 0.4) is 0 Å². The van der Waals surface area contributed by atoms with E-state index in [1.165, 1.54) is 0 Å². The van der Waals surface area contributed by atoms with Crippen LogP contribution in [0.2, 0.25) is 0 Å². The lowest BCUT2D eigenvalue weighted by molar-refractivity contribution is 0.0117. The quantitative estimate of drug-likeness (QED) is 0.536. The second-order valence-corrected chi connectivity index (χ2v) is 8.92. The van der Waals surface area contributed by atoms with Gasteiger partial charge in [-0.15, -0.1) is 0 Å². The van der Waals surface area contributed by atoms with Crippen molar-refractivity contribution in [1.29, 1.82) is 0 Å². The van der Waals surface area contributed by atoms with Crippen molar-refractivity contribution in [3.63, 3.8) is 0 Å². The van der Waals surface area contributed by atoms with Crippen LogP contribution in [0.25, 0.3) is 20.9 Å². The fourth-order valence-corrected chi connectivity index (χ4v) is 5.46. The topological polar surface area (TPSA) is 62.1 Å². The number of aromatic nitrogens is 3. The van der Waals surface area contributed by atoms with E-state index in [0.29, 0.717) is 12.8 Å². The second-order valence-electron chi connectivity index (χ2n) is 7.16. The van der Waals surface area contributed by atoms with E-state index in [9.17, 15) is 5.11 Å². The molecule has 1 aliphatic heterocycles. The molecule has 142 valence electrons. The first-order valence-corrected chi connectivity index (χ1v) is 11.1. The van der Waals surface area contributed by atoms with Crippen molar-refractivity contribution < 1.29 is 5.11 Å². The molecule has 0 aliphatic carbocycles. The molecule has 0 amide bonds. The molecule has 0 atom stereocenters. The number of thiophene rings is 1. The molecule has 5 nitrogen and oxygen atoms in total. The van der Waals surface area contributed by atoms with Crippen molar-refractivity contribution in [3.8, 4) is 10.6 Å². The Morgan fingerprint density at radius 3 is 2.54 bits per heavy atom. The number of nitrogens with zero attached hydrogens (tertiary/aromatic N) is 4. The molecular formula is C21H20N4OS2. The van der Waals surface area contributed by atoms with Gasteiger partial charge >= 0.3 is 0 Å². The first kappa shape index (κ1) is 17.7. The monoisotopic (exact) mass is 408 g/mol. The summed E-state index contributed by atoms with van der Waals surface area (Å²) in [5, 5.41) is 16.3. The third kappa shape index (κ3) is 3.09. The Labute approximate surface area is 171 Å². The van der Waals surface area contributed by atoms with Crippen LogP contribution < -0.4 is 4.90 Å². The van der Waals surface area contributed by atoms with Crippen molar-refractivity contribution in [3.05, 3.63) is 58.5 Å². The second kappa shape index (κ2) is 6.92. The van der Waals surface area contributed by atoms with Gasteiger partial charge in [0.25, 0.3) is 0 Å². The van der Waals surface area contributed by atoms with Crippen molar-refractivity contribution >= 4 is 38.8 Å². The zero-order valence-corrected chi connectivity index (χ0v) is 17.1. The number of fused-ring (bicyclic) bond motifs is 1. The molecule has 0 radical (unpaired) electrons. The van der Waals surface area contributed by atoms with E-state index in [0.717, 1.165) is 51.2 Å². The minimum absolute atomic E-state index is 0.670. The number of piperidine rings is 1. The SMILES string of the molecule is Cc1nc(N2CCC(O)(c3ccccc3)CC2)c2nc(-c3ccsc3)sc2n1. The van der Waals surface area contributed by atoms with Gasteiger partial charge in [-0.3, -0.25) is 0 Å². The van der Waals surface area contributed by atoms with Crippen LogP contribution in [0.5, 0.6) is 0 Å². The molecule has 1 aliphatic rings. The van der Waals surface area contributed by atoms with Crippen molar-refractivity contribution in [1.82, 2.24) is 15.0 Å². The summed E-state index contributed by atoms with van der Waals surface area (Å²) in [6.45, 7) is 3.40. The standard InChI is InChI=1S/C21H20N4OS2/c1-14-22-18(17-20(23-14)28-19(24-17)15-7-12-27-13-15)25-10-8-21(26,9-11-25)16-5-3-2-4-6-16/h2-7,12-13,26H,8-11H2,1H3. The van der Waals surface area contributed by atoms with Gasteiger partial charge in [-0.2, -0.15) is 11.3 Å². The zero-order valence-electron chi connectivity index (χ0n) is 15.5. The average Bonchev–Trinajstić information content (AvgIpc) is 3.38. The smallest absolute Gasteiger partial charge is 0.159 e. The molecule has 0 saturated carbocycles. The summed E-state index contributed by atoms with van der Waals surface area (Å²) < 4.78 is 0. The predicted molar refractivity (Wildman–Crippen MR) is 115 cm³/mol. The molecule has 4 heterocycles. The van der Waals surface area contributed by atoms with E-state index < -0.39 is 5.60 Å². The summed E-state index contributed by atoms with van der Waals surface area (Å²) in [6.07, 6.45) is 1.34. The predicted octanol–water partition coefficient (Wildman–Crippen LogP) is 4.61. The molecule has 28 heavy (non-hydrogen) atoms.